The molecule has 0 aliphatic heterocycles. The number of aliphatic hydroxyl groups excluding tert-OH is 1. The van der Waals surface area contributed by atoms with Crippen LogP contribution in [0.25, 0.3) is 0 Å². The van der Waals surface area contributed by atoms with Gasteiger partial charge in [-0.3, -0.25) is 4.79 Å². The van der Waals surface area contributed by atoms with E-state index in [1.54, 1.807) is 6.92 Å². The van der Waals surface area contributed by atoms with Gasteiger partial charge >= 0.3 is 6.18 Å². The van der Waals surface area contributed by atoms with Crippen LogP contribution in [0.4, 0.5) is 13.2 Å². The summed E-state index contributed by atoms with van der Waals surface area (Å²) in [7, 11) is 0. The van der Waals surface area contributed by atoms with Crippen molar-refractivity contribution < 1.29 is 23.1 Å². The maximum absolute atomic E-state index is 11.8. The standard InChI is InChI=1S/C8H13F3O2/c1-3-4-5(2)6(12)7(13)8(9,10)11/h5,7,13H,3-4H2,1-2H3. The zero-order valence-corrected chi connectivity index (χ0v) is 7.56. The molecule has 13 heavy (non-hydrogen) atoms. The van der Waals surface area contributed by atoms with E-state index in [1.165, 1.54) is 6.92 Å². The van der Waals surface area contributed by atoms with Gasteiger partial charge in [0.15, 0.2) is 5.78 Å². The maximum Gasteiger partial charge on any atom is 0.421 e. The Balaban J connectivity index is 4.26. The second-order valence-corrected chi connectivity index (χ2v) is 3.04. The lowest BCUT2D eigenvalue weighted by Gasteiger charge is -2.16. The van der Waals surface area contributed by atoms with Crippen molar-refractivity contribution in [1.82, 2.24) is 0 Å². The predicted octanol–water partition coefficient (Wildman–Crippen LogP) is 1.91. The summed E-state index contributed by atoms with van der Waals surface area (Å²) >= 11 is 0. The summed E-state index contributed by atoms with van der Waals surface area (Å²) in [5.74, 6) is -1.88. The number of hydrogen-bond acceptors (Lipinski definition) is 2. The van der Waals surface area contributed by atoms with E-state index >= 15 is 0 Å². The average Bonchev–Trinajstić information content (AvgIpc) is 2.00. The van der Waals surface area contributed by atoms with E-state index in [9.17, 15) is 18.0 Å². The van der Waals surface area contributed by atoms with Crippen molar-refractivity contribution in [3.05, 3.63) is 0 Å². The van der Waals surface area contributed by atoms with E-state index in [1.807, 2.05) is 0 Å². The highest BCUT2D eigenvalue weighted by Crippen LogP contribution is 2.23. The fourth-order valence-electron chi connectivity index (χ4n) is 1.01. The summed E-state index contributed by atoms with van der Waals surface area (Å²) in [4.78, 5) is 10.9. The van der Waals surface area contributed by atoms with E-state index in [0.29, 0.717) is 12.8 Å². The fraction of sp³-hybridized carbons (Fsp3) is 0.875. The molecule has 2 nitrogen and oxygen atoms in total. The van der Waals surface area contributed by atoms with Crippen LogP contribution in [0.5, 0.6) is 0 Å². The van der Waals surface area contributed by atoms with Crippen LogP contribution in [-0.4, -0.2) is 23.2 Å². The molecule has 0 bridgehead atoms. The van der Waals surface area contributed by atoms with Crippen LogP contribution in [0.3, 0.4) is 0 Å². The largest absolute Gasteiger partial charge is 0.421 e. The van der Waals surface area contributed by atoms with Crippen molar-refractivity contribution >= 4 is 5.78 Å². The molecule has 78 valence electrons. The predicted molar refractivity (Wildman–Crippen MR) is 41.1 cm³/mol. The molecule has 0 aromatic rings. The molecule has 0 aromatic heterocycles. The van der Waals surface area contributed by atoms with Crippen LogP contribution in [0.15, 0.2) is 0 Å². The Morgan fingerprint density at radius 3 is 2.23 bits per heavy atom. The quantitative estimate of drug-likeness (QED) is 0.749. The summed E-state index contributed by atoms with van der Waals surface area (Å²) in [6.45, 7) is 3.16. The molecule has 0 heterocycles. The van der Waals surface area contributed by atoms with E-state index in [2.05, 4.69) is 0 Å². The van der Waals surface area contributed by atoms with Crippen molar-refractivity contribution in [1.29, 1.82) is 0 Å². The van der Waals surface area contributed by atoms with Crippen molar-refractivity contribution in [3.63, 3.8) is 0 Å². The van der Waals surface area contributed by atoms with Crippen LogP contribution in [0.1, 0.15) is 26.7 Å². The molecular weight excluding hydrogens is 185 g/mol. The molecule has 0 aliphatic rings. The minimum absolute atomic E-state index is 0.367. The first-order valence-corrected chi connectivity index (χ1v) is 4.09. The lowest BCUT2D eigenvalue weighted by Crippen LogP contribution is -2.39. The number of Topliss-reactive ketones (excluding diaryl/α,β-unsaturated/α-hetero) is 1. The molecule has 0 aromatic carbocycles. The third-order valence-corrected chi connectivity index (χ3v) is 1.79. The number of halogens is 3. The Labute approximate surface area is 74.7 Å². The average molecular weight is 198 g/mol. The maximum atomic E-state index is 11.8. The molecule has 0 radical (unpaired) electrons. The van der Waals surface area contributed by atoms with E-state index in [0.717, 1.165) is 0 Å². The van der Waals surface area contributed by atoms with Crippen LogP contribution in [-0.2, 0) is 4.79 Å². The van der Waals surface area contributed by atoms with Gasteiger partial charge in [0, 0.05) is 5.92 Å². The SMILES string of the molecule is CCCC(C)C(=O)C(O)C(F)(F)F. The van der Waals surface area contributed by atoms with Crippen molar-refractivity contribution in [2.24, 2.45) is 5.92 Å². The third kappa shape index (κ3) is 3.76. The second kappa shape index (κ2) is 4.60. The van der Waals surface area contributed by atoms with Gasteiger partial charge in [0.25, 0.3) is 0 Å². The van der Waals surface area contributed by atoms with Gasteiger partial charge < -0.3 is 5.11 Å². The molecule has 2 unspecified atom stereocenters. The number of ketones is 1. The first kappa shape index (κ1) is 12.4. The number of alkyl halides is 3. The first-order chi connectivity index (χ1) is 5.80. The monoisotopic (exact) mass is 198 g/mol. The topological polar surface area (TPSA) is 37.3 Å². The minimum Gasteiger partial charge on any atom is -0.377 e. The van der Waals surface area contributed by atoms with Crippen molar-refractivity contribution in [3.8, 4) is 0 Å². The highest BCUT2D eigenvalue weighted by atomic mass is 19.4. The number of rotatable bonds is 4. The second-order valence-electron chi connectivity index (χ2n) is 3.04. The van der Waals surface area contributed by atoms with Crippen molar-refractivity contribution in [2.75, 3.05) is 0 Å². The Kier molecular flexibility index (Phi) is 4.39. The van der Waals surface area contributed by atoms with E-state index in [4.69, 9.17) is 5.11 Å². The van der Waals surface area contributed by atoms with Gasteiger partial charge in [0.2, 0.25) is 6.10 Å². The normalized spacial score (nSPS) is 16.8. The number of carbonyl (C=O) groups excluding carboxylic acids is 1. The summed E-state index contributed by atoms with van der Waals surface area (Å²) in [6, 6.07) is 0. The molecule has 5 heteroatoms. The number of aliphatic hydroxyl groups is 1. The summed E-state index contributed by atoms with van der Waals surface area (Å²) in [5.41, 5.74) is 0. The summed E-state index contributed by atoms with van der Waals surface area (Å²) in [5, 5.41) is 8.58. The van der Waals surface area contributed by atoms with Gasteiger partial charge in [-0.1, -0.05) is 20.3 Å². The Morgan fingerprint density at radius 2 is 1.92 bits per heavy atom. The van der Waals surface area contributed by atoms with Gasteiger partial charge in [-0.05, 0) is 6.42 Å². The lowest BCUT2D eigenvalue weighted by atomic mass is 9.97. The van der Waals surface area contributed by atoms with Gasteiger partial charge in [0.1, 0.15) is 0 Å². The molecule has 0 amide bonds. The molecule has 0 rings (SSSR count). The highest BCUT2D eigenvalue weighted by molar-refractivity contribution is 5.85. The Bertz CT molecular complexity index is 177. The van der Waals surface area contributed by atoms with E-state index < -0.39 is 24.0 Å². The molecule has 0 spiro atoms. The van der Waals surface area contributed by atoms with Gasteiger partial charge in [0.05, 0.1) is 0 Å². The third-order valence-electron chi connectivity index (χ3n) is 1.79. The van der Waals surface area contributed by atoms with Crippen LogP contribution in [0.2, 0.25) is 0 Å². The molecule has 0 saturated heterocycles. The summed E-state index contributed by atoms with van der Waals surface area (Å²) < 4.78 is 35.5. The van der Waals surface area contributed by atoms with Gasteiger partial charge in [-0.15, -0.1) is 0 Å². The number of hydrogen-bond donors (Lipinski definition) is 1. The fourth-order valence-corrected chi connectivity index (χ4v) is 1.01. The molecule has 0 aliphatic carbocycles. The van der Waals surface area contributed by atoms with Gasteiger partial charge in [-0.25, -0.2) is 0 Å². The summed E-state index contributed by atoms with van der Waals surface area (Å²) in [6.07, 6.45) is -6.67. The van der Waals surface area contributed by atoms with Gasteiger partial charge in [-0.2, -0.15) is 13.2 Å². The molecule has 2 atom stereocenters. The number of carbonyl (C=O) groups is 1. The Hall–Kier alpha value is -0.580. The van der Waals surface area contributed by atoms with Crippen LogP contribution < -0.4 is 0 Å². The molecular formula is C8H13F3O2. The zero-order valence-electron chi connectivity index (χ0n) is 7.56. The molecule has 0 fully saturated rings. The van der Waals surface area contributed by atoms with Crippen molar-refractivity contribution in [2.45, 2.75) is 39.0 Å². The van der Waals surface area contributed by atoms with E-state index in [-0.39, 0.29) is 0 Å². The lowest BCUT2D eigenvalue weighted by molar-refractivity contribution is -0.205. The first-order valence-electron chi connectivity index (χ1n) is 4.09. The Morgan fingerprint density at radius 1 is 1.46 bits per heavy atom. The molecule has 1 N–H and O–H groups in total. The minimum atomic E-state index is -4.83. The van der Waals surface area contributed by atoms with Crippen LogP contribution >= 0.6 is 0 Å². The molecule has 0 saturated carbocycles. The zero-order chi connectivity index (χ0) is 10.6. The van der Waals surface area contributed by atoms with Crippen LogP contribution in [0, 0.1) is 5.92 Å². The highest BCUT2D eigenvalue weighted by Gasteiger charge is 2.44. The smallest absolute Gasteiger partial charge is 0.377 e.